The Balaban J connectivity index is 1.94. The second-order valence-corrected chi connectivity index (χ2v) is 6.28. The minimum absolute atomic E-state index is 0.0409. The van der Waals surface area contributed by atoms with Gasteiger partial charge in [0, 0.05) is 13.6 Å². The van der Waals surface area contributed by atoms with E-state index < -0.39 is 5.97 Å². The fourth-order valence-corrected chi connectivity index (χ4v) is 3.21. The molecule has 0 spiro atoms. The number of aryl methyl sites for hydroxylation is 3. The molecule has 6 nitrogen and oxygen atoms in total. The van der Waals surface area contributed by atoms with Gasteiger partial charge in [-0.2, -0.15) is 5.10 Å². The molecule has 0 unspecified atom stereocenters. The number of nitrogens with zero attached hydrogens (tertiary/aromatic N) is 4. The van der Waals surface area contributed by atoms with E-state index >= 15 is 0 Å². The maximum atomic E-state index is 10.8. The van der Waals surface area contributed by atoms with Crippen molar-refractivity contribution in [3.63, 3.8) is 0 Å². The molecule has 0 aliphatic heterocycles. The number of aromatic nitrogens is 4. The second kappa shape index (κ2) is 5.12. The van der Waals surface area contributed by atoms with E-state index in [2.05, 4.69) is 14.6 Å². The van der Waals surface area contributed by atoms with Crippen LogP contribution in [-0.4, -0.2) is 36.2 Å². The summed E-state index contributed by atoms with van der Waals surface area (Å²) in [5.41, 5.74) is 2.78. The molecule has 2 aromatic heterocycles. The number of imidazole rings is 1. The summed E-state index contributed by atoms with van der Waals surface area (Å²) in [5.74, 6) is 0.0592. The fraction of sp³-hybridized carbons (Fsp3) is 0.615. The van der Waals surface area contributed by atoms with Crippen LogP contribution in [0.1, 0.15) is 25.0 Å². The average molecular weight is 294 g/mol. The van der Waals surface area contributed by atoms with E-state index in [-0.39, 0.29) is 5.75 Å². The molecule has 3 rings (SSSR count). The summed E-state index contributed by atoms with van der Waals surface area (Å²) in [6.07, 6.45) is 3.77. The van der Waals surface area contributed by atoms with Crippen LogP contribution >= 0.6 is 11.8 Å². The molecule has 0 radical (unpaired) electrons. The lowest BCUT2D eigenvalue weighted by Crippen LogP contribution is -2.07. The number of aliphatic carboxylic acids is 1. The van der Waals surface area contributed by atoms with Gasteiger partial charge in [0.1, 0.15) is 5.52 Å². The highest BCUT2D eigenvalue weighted by Crippen LogP contribution is 2.34. The molecular weight excluding hydrogens is 276 g/mol. The van der Waals surface area contributed by atoms with Gasteiger partial charge >= 0.3 is 5.97 Å². The smallest absolute Gasteiger partial charge is 0.313 e. The van der Waals surface area contributed by atoms with Crippen LogP contribution in [0.5, 0.6) is 0 Å². The van der Waals surface area contributed by atoms with E-state index in [1.165, 1.54) is 24.6 Å². The number of carboxylic acid groups (broad SMARTS) is 1. The minimum atomic E-state index is -0.814. The van der Waals surface area contributed by atoms with Crippen molar-refractivity contribution in [3.05, 3.63) is 5.69 Å². The monoisotopic (exact) mass is 294 g/mol. The highest BCUT2D eigenvalue weighted by Gasteiger charge is 2.23. The first-order valence-corrected chi connectivity index (χ1v) is 7.79. The third-order valence-corrected chi connectivity index (χ3v) is 4.60. The Kier molecular flexibility index (Phi) is 3.45. The van der Waals surface area contributed by atoms with E-state index in [4.69, 9.17) is 5.11 Å². The highest BCUT2D eigenvalue weighted by molar-refractivity contribution is 7.99. The maximum absolute atomic E-state index is 10.8. The molecule has 0 bridgehead atoms. The molecule has 108 valence electrons. The van der Waals surface area contributed by atoms with Crippen LogP contribution in [0.2, 0.25) is 0 Å². The van der Waals surface area contributed by atoms with Crippen LogP contribution < -0.4 is 0 Å². The molecule has 2 aromatic rings. The standard InChI is InChI=1S/C13H18N4O2S/c1-8-11-12(16(2)15-8)17(6-5-9-3-4-9)13(14-11)20-7-10(18)19/h9H,3-7H2,1-2H3,(H,18,19). The minimum Gasteiger partial charge on any atom is -0.481 e. The molecular formula is C13H18N4O2S. The van der Waals surface area contributed by atoms with Crippen molar-refractivity contribution in [1.82, 2.24) is 19.3 Å². The van der Waals surface area contributed by atoms with Gasteiger partial charge in [-0.3, -0.25) is 9.48 Å². The molecule has 0 amide bonds. The van der Waals surface area contributed by atoms with Crippen molar-refractivity contribution in [2.24, 2.45) is 13.0 Å². The zero-order valence-electron chi connectivity index (χ0n) is 11.7. The summed E-state index contributed by atoms with van der Waals surface area (Å²) in [6, 6.07) is 0. The number of thioether (sulfide) groups is 1. The third kappa shape index (κ3) is 2.54. The Morgan fingerprint density at radius 2 is 2.25 bits per heavy atom. The van der Waals surface area contributed by atoms with E-state index in [1.807, 2.05) is 18.7 Å². The van der Waals surface area contributed by atoms with Crippen molar-refractivity contribution < 1.29 is 9.90 Å². The molecule has 7 heteroatoms. The molecule has 1 N–H and O–H groups in total. The Labute approximate surface area is 121 Å². The molecule has 0 atom stereocenters. The van der Waals surface area contributed by atoms with Gasteiger partial charge in [0.25, 0.3) is 0 Å². The zero-order chi connectivity index (χ0) is 14.3. The largest absolute Gasteiger partial charge is 0.481 e. The van der Waals surface area contributed by atoms with Crippen LogP contribution in [-0.2, 0) is 18.4 Å². The Morgan fingerprint density at radius 1 is 1.50 bits per heavy atom. The second-order valence-electron chi connectivity index (χ2n) is 5.34. The van der Waals surface area contributed by atoms with Crippen molar-refractivity contribution >= 4 is 28.9 Å². The quantitative estimate of drug-likeness (QED) is 0.826. The first-order chi connectivity index (χ1) is 9.56. The predicted molar refractivity (Wildman–Crippen MR) is 76.9 cm³/mol. The van der Waals surface area contributed by atoms with Crippen LogP contribution in [0, 0.1) is 12.8 Å². The third-order valence-electron chi connectivity index (χ3n) is 3.64. The summed E-state index contributed by atoms with van der Waals surface area (Å²) in [4.78, 5) is 15.4. The Bertz CT molecular complexity index is 657. The number of hydrogen-bond donors (Lipinski definition) is 1. The first-order valence-electron chi connectivity index (χ1n) is 6.80. The SMILES string of the molecule is Cc1nn(C)c2c1nc(SCC(=O)O)n2CCC1CC1. The number of fused-ring (bicyclic) bond motifs is 1. The van der Waals surface area contributed by atoms with E-state index in [0.717, 1.165) is 40.9 Å². The Morgan fingerprint density at radius 3 is 2.90 bits per heavy atom. The number of hydrogen-bond acceptors (Lipinski definition) is 4. The number of rotatable bonds is 6. The van der Waals surface area contributed by atoms with Gasteiger partial charge in [-0.15, -0.1) is 0 Å². The molecule has 1 saturated carbocycles. The van der Waals surface area contributed by atoms with Gasteiger partial charge in [0.2, 0.25) is 0 Å². The summed E-state index contributed by atoms with van der Waals surface area (Å²) in [7, 11) is 1.91. The lowest BCUT2D eigenvalue weighted by atomic mass is 10.3. The van der Waals surface area contributed by atoms with Crippen molar-refractivity contribution in [1.29, 1.82) is 0 Å². The predicted octanol–water partition coefficient (Wildman–Crippen LogP) is 2.06. The molecule has 1 fully saturated rings. The lowest BCUT2D eigenvalue weighted by Gasteiger charge is -2.08. The molecule has 1 aliphatic rings. The van der Waals surface area contributed by atoms with Gasteiger partial charge < -0.3 is 9.67 Å². The molecule has 0 aromatic carbocycles. The fourth-order valence-electron chi connectivity index (χ4n) is 2.47. The van der Waals surface area contributed by atoms with E-state index in [0.29, 0.717) is 0 Å². The molecule has 0 saturated heterocycles. The van der Waals surface area contributed by atoms with Crippen LogP contribution in [0.4, 0.5) is 0 Å². The summed E-state index contributed by atoms with van der Waals surface area (Å²) in [5, 5.41) is 14.0. The number of carboxylic acids is 1. The summed E-state index contributed by atoms with van der Waals surface area (Å²) in [6.45, 7) is 2.83. The maximum Gasteiger partial charge on any atom is 0.313 e. The molecule has 20 heavy (non-hydrogen) atoms. The van der Waals surface area contributed by atoms with Crippen molar-refractivity contribution in [2.75, 3.05) is 5.75 Å². The lowest BCUT2D eigenvalue weighted by molar-refractivity contribution is -0.133. The average Bonchev–Trinajstić information content (AvgIpc) is 3.07. The highest BCUT2D eigenvalue weighted by atomic mass is 32.2. The van der Waals surface area contributed by atoms with Gasteiger partial charge in [-0.05, 0) is 19.3 Å². The van der Waals surface area contributed by atoms with Gasteiger partial charge in [-0.1, -0.05) is 24.6 Å². The molecule has 2 heterocycles. The normalized spacial score (nSPS) is 15.1. The van der Waals surface area contributed by atoms with Gasteiger partial charge in [0.15, 0.2) is 10.8 Å². The van der Waals surface area contributed by atoms with E-state index in [9.17, 15) is 4.79 Å². The summed E-state index contributed by atoms with van der Waals surface area (Å²) >= 11 is 1.29. The van der Waals surface area contributed by atoms with Gasteiger partial charge in [-0.25, -0.2) is 4.98 Å². The van der Waals surface area contributed by atoms with Crippen molar-refractivity contribution in [3.8, 4) is 0 Å². The first kappa shape index (κ1) is 13.5. The number of carbonyl (C=O) groups is 1. The van der Waals surface area contributed by atoms with Crippen LogP contribution in [0.3, 0.4) is 0 Å². The zero-order valence-corrected chi connectivity index (χ0v) is 12.5. The van der Waals surface area contributed by atoms with Crippen LogP contribution in [0.15, 0.2) is 5.16 Å². The Hall–Kier alpha value is -1.50. The van der Waals surface area contributed by atoms with Crippen molar-refractivity contribution in [2.45, 2.75) is 37.9 Å². The molecule has 1 aliphatic carbocycles. The topological polar surface area (TPSA) is 72.9 Å². The van der Waals surface area contributed by atoms with Crippen LogP contribution in [0.25, 0.3) is 11.2 Å². The summed E-state index contributed by atoms with van der Waals surface area (Å²) < 4.78 is 3.97. The van der Waals surface area contributed by atoms with Gasteiger partial charge in [0.05, 0.1) is 11.4 Å². The van der Waals surface area contributed by atoms with E-state index in [1.54, 1.807) is 0 Å².